The number of urea groups is 1. The van der Waals surface area contributed by atoms with Crippen molar-refractivity contribution in [3.8, 4) is 0 Å². The molecule has 0 aliphatic heterocycles. The first kappa shape index (κ1) is 27.1. The monoisotopic (exact) mass is 429 g/mol. The lowest BCUT2D eigenvalue weighted by atomic mass is 10.0. The van der Waals surface area contributed by atoms with E-state index in [9.17, 15) is 29.1 Å². The summed E-state index contributed by atoms with van der Waals surface area (Å²) in [4.78, 5) is 59.8. The van der Waals surface area contributed by atoms with Crippen molar-refractivity contribution in [3.63, 3.8) is 0 Å². The van der Waals surface area contributed by atoms with Crippen molar-refractivity contribution in [3.05, 3.63) is 0 Å². The maximum Gasteiger partial charge on any atom is 0.326 e. The van der Waals surface area contributed by atoms with Gasteiger partial charge in [-0.2, -0.15) is 0 Å². The Hall–Kier alpha value is -2.85. The molecule has 2 atom stereocenters. The van der Waals surface area contributed by atoms with Gasteiger partial charge in [0, 0.05) is 33.5 Å². The molecule has 0 bridgehead atoms. The second-order valence-corrected chi connectivity index (χ2v) is 7.62. The molecule has 0 aromatic heterocycles. The van der Waals surface area contributed by atoms with E-state index in [1.54, 1.807) is 27.9 Å². The molecule has 0 saturated carbocycles. The summed E-state index contributed by atoms with van der Waals surface area (Å²) in [5.74, 6) is -2.48. The van der Waals surface area contributed by atoms with Crippen LogP contribution in [0.1, 0.15) is 52.4 Å². The summed E-state index contributed by atoms with van der Waals surface area (Å²) in [6.45, 7) is 3.80. The number of nitrogens with zero attached hydrogens (tertiary/aromatic N) is 1. The van der Waals surface area contributed by atoms with E-state index in [0.29, 0.717) is 25.8 Å². The van der Waals surface area contributed by atoms with Gasteiger partial charge < -0.3 is 31.7 Å². The second kappa shape index (κ2) is 14.2. The smallest absolute Gasteiger partial charge is 0.326 e. The van der Waals surface area contributed by atoms with Gasteiger partial charge in [0.15, 0.2) is 0 Å². The highest BCUT2D eigenvalue weighted by Crippen LogP contribution is 2.07. The standard InChI is InChI=1S/C19H35N5O6/c1-12(2)16(23-14(25)9-7-10-15(26)24(3)4)17(27)22-13(18(28)29)8-5-6-11-21-19(20)30/h12-13,16H,5-11H2,1-4H3,(H,22,27)(H,23,25)(H,28,29)(H3,20,21,30)/t13-,16-/m0/s1. The maximum atomic E-state index is 12.6. The minimum atomic E-state index is -1.18. The zero-order valence-corrected chi connectivity index (χ0v) is 18.2. The van der Waals surface area contributed by atoms with Crippen LogP contribution in [0.2, 0.25) is 0 Å². The summed E-state index contributed by atoms with van der Waals surface area (Å²) in [5, 5.41) is 16.8. The molecular weight excluding hydrogens is 394 g/mol. The zero-order valence-electron chi connectivity index (χ0n) is 18.2. The molecule has 6 N–H and O–H groups in total. The van der Waals surface area contributed by atoms with Gasteiger partial charge in [0.2, 0.25) is 17.7 Å². The van der Waals surface area contributed by atoms with Crippen molar-refractivity contribution < 1.29 is 29.1 Å². The molecule has 172 valence electrons. The van der Waals surface area contributed by atoms with Gasteiger partial charge in [-0.3, -0.25) is 14.4 Å². The van der Waals surface area contributed by atoms with E-state index in [1.165, 1.54) is 4.90 Å². The van der Waals surface area contributed by atoms with E-state index in [2.05, 4.69) is 16.0 Å². The lowest BCUT2D eigenvalue weighted by Gasteiger charge is -2.24. The Labute approximate surface area is 177 Å². The molecule has 0 aliphatic carbocycles. The first-order valence-electron chi connectivity index (χ1n) is 10.0. The van der Waals surface area contributed by atoms with Crippen LogP contribution in [0.15, 0.2) is 0 Å². The number of nitrogens with one attached hydrogen (secondary N) is 3. The van der Waals surface area contributed by atoms with E-state index in [4.69, 9.17) is 5.73 Å². The third-order valence-corrected chi connectivity index (χ3v) is 4.39. The van der Waals surface area contributed by atoms with E-state index < -0.39 is 30.0 Å². The largest absolute Gasteiger partial charge is 0.480 e. The number of carboxylic acid groups (broad SMARTS) is 1. The lowest BCUT2D eigenvalue weighted by Crippen LogP contribution is -2.53. The topological polar surface area (TPSA) is 171 Å². The molecule has 5 amide bonds. The molecule has 0 rings (SSSR count). The summed E-state index contributed by atoms with van der Waals surface area (Å²) in [7, 11) is 3.27. The number of hydrogen-bond acceptors (Lipinski definition) is 5. The molecule has 11 heteroatoms. The normalized spacial score (nSPS) is 12.6. The van der Waals surface area contributed by atoms with Gasteiger partial charge in [0.05, 0.1) is 0 Å². The van der Waals surface area contributed by atoms with Crippen LogP contribution in [0, 0.1) is 5.92 Å². The number of primary amides is 1. The molecule has 0 fully saturated rings. The number of carbonyl (C=O) groups is 5. The Morgan fingerprint density at radius 3 is 2.10 bits per heavy atom. The summed E-state index contributed by atoms with van der Waals surface area (Å²) in [6, 6.07) is -2.65. The van der Waals surface area contributed by atoms with Gasteiger partial charge in [0.25, 0.3) is 0 Å². The first-order chi connectivity index (χ1) is 14.0. The van der Waals surface area contributed by atoms with Crippen LogP contribution in [-0.4, -0.2) is 72.5 Å². The van der Waals surface area contributed by atoms with Crippen LogP contribution in [0.25, 0.3) is 0 Å². The number of amides is 5. The molecule has 30 heavy (non-hydrogen) atoms. The highest BCUT2D eigenvalue weighted by molar-refractivity contribution is 5.90. The predicted octanol–water partition coefficient (Wildman–Crippen LogP) is -0.206. The fraction of sp³-hybridized carbons (Fsp3) is 0.737. The van der Waals surface area contributed by atoms with Crippen LogP contribution in [-0.2, 0) is 19.2 Å². The lowest BCUT2D eigenvalue weighted by molar-refractivity contribution is -0.142. The van der Waals surface area contributed by atoms with Crippen molar-refractivity contribution in [2.24, 2.45) is 11.7 Å². The number of unbranched alkanes of at least 4 members (excludes halogenated alkanes) is 1. The molecule has 0 spiro atoms. The van der Waals surface area contributed by atoms with Crippen LogP contribution in [0.5, 0.6) is 0 Å². The third kappa shape index (κ3) is 11.9. The summed E-state index contributed by atoms with van der Waals surface area (Å²) >= 11 is 0. The molecule has 0 heterocycles. The van der Waals surface area contributed by atoms with E-state index >= 15 is 0 Å². The van der Waals surface area contributed by atoms with Gasteiger partial charge in [0.1, 0.15) is 12.1 Å². The minimum Gasteiger partial charge on any atom is -0.480 e. The zero-order chi connectivity index (χ0) is 23.3. The molecule has 11 nitrogen and oxygen atoms in total. The van der Waals surface area contributed by atoms with E-state index in [1.807, 2.05) is 0 Å². The number of hydrogen-bond donors (Lipinski definition) is 5. The second-order valence-electron chi connectivity index (χ2n) is 7.62. The van der Waals surface area contributed by atoms with Gasteiger partial charge in [-0.15, -0.1) is 0 Å². The summed E-state index contributed by atoms with van der Waals surface area (Å²) in [5.41, 5.74) is 4.95. The van der Waals surface area contributed by atoms with Crippen LogP contribution in [0.3, 0.4) is 0 Å². The Kier molecular flexibility index (Phi) is 12.8. The average molecular weight is 430 g/mol. The van der Waals surface area contributed by atoms with Gasteiger partial charge in [-0.1, -0.05) is 13.8 Å². The van der Waals surface area contributed by atoms with Crippen molar-refractivity contribution in [2.45, 2.75) is 64.5 Å². The predicted molar refractivity (Wildman–Crippen MR) is 110 cm³/mol. The fourth-order valence-corrected chi connectivity index (χ4v) is 2.61. The van der Waals surface area contributed by atoms with E-state index in [-0.39, 0.29) is 37.0 Å². The van der Waals surface area contributed by atoms with Crippen molar-refractivity contribution in [1.29, 1.82) is 0 Å². The molecule has 0 aromatic carbocycles. The number of aliphatic carboxylic acids is 1. The van der Waals surface area contributed by atoms with Crippen LogP contribution < -0.4 is 21.7 Å². The number of carbonyl (C=O) groups excluding carboxylic acids is 4. The number of carboxylic acids is 1. The Morgan fingerprint density at radius 1 is 0.967 bits per heavy atom. The molecule has 0 saturated heterocycles. The van der Waals surface area contributed by atoms with Crippen molar-refractivity contribution >= 4 is 29.7 Å². The fourth-order valence-electron chi connectivity index (χ4n) is 2.61. The quantitative estimate of drug-likeness (QED) is 0.239. The highest BCUT2D eigenvalue weighted by atomic mass is 16.4. The number of rotatable bonds is 14. The SMILES string of the molecule is CC(C)[C@H](NC(=O)CCCC(=O)N(C)C)C(=O)N[C@@H](CCCCNC(N)=O)C(=O)O. The minimum absolute atomic E-state index is 0.0868. The van der Waals surface area contributed by atoms with Crippen molar-refractivity contribution in [1.82, 2.24) is 20.9 Å². The number of nitrogens with two attached hydrogens (primary N) is 1. The van der Waals surface area contributed by atoms with Crippen LogP contribution >= 0.6 is 0 Å². The van der Waals surface area contributed by atoms with Crippen LogP contribution in [0.4, 0.5) is 4.79 Å². The Morgan fingerprint density at radius 2 is 1.60 bits per heavy atom. The third-order valence-electron chi connectivity index (χ3n) is 4.39. The average Bonchev–Trinajstić information content (AvgIpc) is 2.63. The summed E-state index contributed by atoms with van der Waals surface area (Å²) < 4.78 is 0. The molecule has 0 aromatic rings. The van der Waals surface area contributed by atoms with Gasteiger partial charge >= 0.3 is 12.0 Å². The highest BCUT2D eigenvalue weighted by Gasteiger charge is 2.28. The van der Waals surface area contributed by atoms with E-state index in [0.717, 1.165) is 0 Å². The molecule has 0 unspecified atom stereocenters. The molecule has 0 radical (unpaired) electrons. The van der Waals surface area contributed by atoms with Gasteiger partial charge in [-0.05, 0) is 31.6 Å². The van der Waals surface area contributed by atoms with Crippen molar-refractivity contribution in [2.75, 3.05) is 20.6 Å². The first-order valence-corrected chi connectivity index (χ1v) is 10.0. The Balaban J connectivity index is 4.64. The summed E-state index contributed by atoms with van der Waals surface area (Å²) in [6.07, 6.45) is 1.81. The Bertz CT molecular complexity index is 608. The van der Waals surface area contributed by atoms with Gasteiger partial charge in [-0.25, -0.2) is 9.59 Å². The molecular formula is C19H35N5O6. The molecule has 0 aliphatic rings. The maximum absolute atomic E-state index is 12.6.